The summed E-state index contributed by atoms with van der Waals surface area (Å²) in [5.74, 6) is 0.609. The van der Waals surface area contributed by atoms with Gasteiger partial charge in [0.25, 0.3) is 15.9 Å². The van der Waals surface area contributed by atoms with E-state index < -0.39 is 15.9 Å². The number of fused-ring (bicyclic) bond motifs is 1. The molecule has 0 spiro atoms. The van der Waals surface area contributed by atoms with Gasteiger partial charge in [0.1, 0.15) is 5.75 Å². The van der Waals surface area contributed by atoms with Crippen molar-refractivity contribution in [3.63, 3.8) is 0 Å². The van der Waals surface area contributed by atoms with E-state index in [-0.39, 0.29) is 16.5 Å². The Hall–Kier alpha value is -4.18. The normalized spacial score (nSPS) is 13.2. The minimum absolute atomic E-state index is 0.0369. The predicted octanol–water partition coefficient (Wildman–Crippen LogP) is 4.06. The van der Waals surface area contributed by atoms with Gasteiger partial charge in [0.2, 0.25) is 5.89 Å². The lowest BCUT2D eigenvalue weighted by Crippen LogP contribution is -2.35. The predicted molar refractivity (Wildman–Crippen MR) is 134 cm³/mol. The number of nitrogens with one attached hydrogen (secondary N) is 1. The molecule has 1 amide bonds. The van der Waals surface area contributed by atoms with Crippen molar-refractivity contribution in [3.05, 3.63) is 95.4 Å². The zero-order valence-electron chi connectivity index (χ0n) is 19.5. The van der Waals surface area contributed by atoms with E-state index in [1.807, 2.05) is 48.5 Å². The van der Waals surface area contributed by atoms with E-state index in [9.17, 15) is 13.2 Å². The minimum Gasteiger partial charge on any atom is -0.497 e. The van der Waals surface area contributed by atoms with Gasteiger partial charge in [-0.05, 0) is 66.4 Å². The van der Waals surface area contributed by atoms with Crippen molar-refractivity contribution in [2.45, 2.75) is 24.2 Å². The van der Waals surface area contributed by atoms with Crippen molar-refractivity contribution in [2.24, 2.45) is 0 Å². The van der Waals surface area contributed by atoms with Crippen molar-refractivity contribution in [3.8, 4) is 5.75 Å². The third-order valence-electron chi connectivity index (χ3n) is 5.97. The van der Waals surface area contributed by atoms with Crippen LogP contribution in [-0.2, 0) is 22.9 Å². The molecule has 4 aromatic rings. The van der Waals surface area contributed by atoms with Crippen LogP contribution in [-0.4, -0.2) is 38.2 Å². The molecule has 0 unspecified atom stereocenters. The van der Waals surface area contributed by atoms with E-state index in [1.165, 1.54) is 28.6 Å². The first-order chi connectivity index (χ1) is 17.4. The summed E-state index contributed by atoms with van der Waals surface area (Å²) >= 11 is 0. The SMILES string of the molecule is COc1ccc(Cc2nnc(NC(=O)c3ccc(S(=O)(=O)N4CCCc5ccccc54)cc3)o2)cc1. The Labute approximate surface area is 208 Å². The summed E-state index contributed by atoms with van der Waals surface area (Å²) in [5, 5.41) is 10.4. The Bertz CT molecular complexity index is 1480. The number of benzene rings is 3. The van der Waals surface area contributed by atoms with Gasteiger partial charge in [-0.3, -0.25) is 14.4 Å². The lowest BCUT2D eigenvalue weighted by molar-refractivity contribution is 0.102. The van der Waals surface area contributed by atoms with Crippen LogP contribution in [0.25, 0.3) is 0 Å². The van der Waals surface area contributed by atoms with Gasteiger partial charge in [-0.25, -0.2) is 8.42 Å². The Kier molecular flexibility index (Phi) is 6.43. The van der Waals surface area contributed by atoms with E-state index in [0.29, 0.717) is 24.5 Å². The quantitative estimate of drug-likeness (QED) is 0.404. The number of amides is 1. The molecule has 0 fully saturated rings. The van der Waals surface area contributed by atoms with Gasteiger partial charge in [0.05, 0.1) is 24.1 Å². The van der Waals surface area contributed by atoms with Gasteiger partial charge >= 0.3 is 6.01 Å². The number of rotatable bonds is 7. The van der Waals surface area contributed by atoms with Gasteiger partial charge in [0.15, 0.2) is 0 Å². The first kappa shape index (κ1) is 23.6. The fourth-order valence-corrected chi connectivity index (χ4v) is 5.66. The van der Waals surface area contributed by atoms with Crippen LogP contribution in [0.5, 0.6) is 5.75 Å². The third-order valence-corrected chi connectivity index (χ3v) is 7.80. The summed E-state index contributed by atoms with van der Waals surface area (Å²) in [6, 6.07) is 20.7. The number of sulfonamides is 1. The van der Waals surface area contributed by atoms with Gasteiger partial charge in [-0.15, -0.1) is 5.10 Å². The maximum absolute atomic E-state index is 13.3. The highest BCUT2D eigenvalue weighted by molar-refractivity contribution is 7.92. The van der Waals surface area contributed by atoms with E-state index in [0.717, 1.165) is 29.7 Å². The number of aromatic nitrogens is 2. The number of para-hydroxylation sites is 1. The highest BCUT2D eigenvalue weighted by Gasteiger charge is 2.29. The van der Waals surface area contributed by atoms with Gasteiger partial charge < -0.3 is 9.15 Å². The van der Waals surface area contributed by atoms with E-state index >= 15 is 0 Å². The molecule has 0 radical (unpaired) electrons. The molecule has 10 heteroatoms. The summed E-state index contributed by atoms with van der Waals surface area (Å²) in [4.78, 5) is 12.8. The summed E-state index contributed by atoms with van der Waals surface area (Å²) in [5.41, 5.74) is 2.93. The van der Waals surface area contributed by atoms with Gasteiger partial charge in [-0.2, -0.15) is 0 Å². The van der Waals surface area contributed by atoms with Crippen LogP contribution in [0.4, 0.5) is 11.7 Å². The number of methoxy groups -OCH3 is 1. The molecule has 9 nitrogen and oxygen atoms in total. The lowest BCUT2D eigenvalue weighted by atomic mass is 10.0. The Balaban J connectivity index is 1.26. The van der Waals surface area contributed by atoms with Crippen LogP contribution in [0.2, 0.25) is 0 Å². The molecule has 0 aliphatic carbocycles. The molecule has 3 aromatic carbocycles. The largest absolute Gasteiger partial charge is 0.497 e. The maximum atomic E-state index is 13.3. The minimum atomic E-state index is -3.75. The molecule has 36 heavy (non-hydrogen) atoms. The van der Waals surface area contributed by atoms with Crippen LogP contribution in [0.15, 0.2) is 82.1 Å². The number of ether oxygens (including phenoxy) is 1. The Morgan fingerprint density at radius 1 is 1.03 bits per heavy atom. The highest BCUT2D eigenvalue weighted by Crippen LogP contribution is 2.31. The van der Waals surface area contributed by atoms with E-state index in [1.54, 1.807) is 7.11 Å². The molecule has 1 N–H and O–H groups in total. The molecule has 184 valence electrons. The second-order valence-electron chi connectivity index (χ2n) is 8.31. The first-order valence-electron chi connectivity index (χ1n) is 11.4. The molecule has 0 saturated heterocycles. The number of carbonyl (C=O) groups is 1. The van der Waals surface area contributed by atoms with E-state index in [2.05, 4.69) is 15.5 Å². The fourth-order valence-electron chi connectivity index (χ4n) is 4.12. The van der Waals surface area contributed by atoms with Crippen LogP contribution >= 0.6 is 0 Å². The topological polar surface area (TPSA) is 115 Å². The molecule has 2 heterocycles. The highest BCUT2D eigenvalue weighted by atomic mass is 32.2. The van der Waals surface area contributed by atoms with E-state index in [4.69, 9.17) is 9.15 Å². The lowest BCUT2D eigenvalue weighted by Gasteiger charge is -2.30. The molecule has 0 bridgehead atoms. The summed E-state index contributed by atoms with van der Waals surface area (Å²) < 4.78 is 38.7. The molecule has 0 atom stereocenters. The average Bonchev–Trinajstić information content (AvgIpc) is 3.35. The maximum Gasteiger partial charge on any atom is 0.322 e. The van der Waals surface area contributed by atoms with Crippen molar-refractivity contribution in [1.82, 2.24) is 10.2 Å². The number of carbonyl (C=O) groups excluding carboxylic acids is 1. The fraction of sp³-hybridized carbons (Fsp3) is 0.192. The Morgan fingerprint density at radius 3 is 2.53 bits per heavy atom. The molecular weight excluding hydrogens is 480 g/mol. The zero-order chi connectivity index (χ0) is 25.1. The van der Waals surface area contributed by atoms with Crippen LogP contribution < -0.4 is 14.4 Å². The number of nitrogens with zero attached hydrogens (tertiary/aromatic N) is 3. The van der Waals surface area contributed by atoms with Crippen LogP contribution in [0.1, 0.15) is 33.8 Å². The molecular formula is C26H24N4O5S. The summed E-state index contributed by atoms with van der Waals surface area (Å²) in [6.07, 6.45) is 2.00. The number of anilines is 2. The zero-order valence-corrected chi connectivity index (χ0v) is 20.4. The Morgan fingerprint density at radius 2 is 1.78 bits per heavy atom. The third kappa shape index (κ3) is 4.80. The number of hydrogen-bond acceptors (Lipinski definition) is 7. The average molecular weight is 505 g/mol. The molecule has 1 aliphatic heterocycles. The van der Waals surface area contributed by atoms with Gasteiger partial charge in [0, 0.05) is 12.1 Å². The van der Waals surface area contributed by atoms with Gasteiger partial charge in [-0.1, -0.05) is 35.4 Å². The second kappa shape index (κ2) is 9.82. The number of aryl methyl sites for hydroxylation is 1. The molecule has 1 aromatic heterocycles. The monoisotopic (exact) mass is 504 g/mol. The van der Waals surface area contributed by atoms with Crippen LogP contribution in [0, 0.1) is 0 Å². The second-order valence-corrected chi connectivity index (χ2v) is 10.2. The first-order valence-corrected chi connectivity index (χ1v) is 12.9. The van der Waals surface area contributed by atoms with Crippen LogP contribution in [0.3, 0.4) is 0 Å². The summed E-state index contributed by atoms with van der Waals surface area (Å²) in [7, 11) is -2.16. The van der Waals surface area contributed by atoms with Crippen molar-refractivity contribution < 1.29 is 22.4 Å². The smallest absolute Gasteiger partial charge is 0.322 e. The van der Waals surface area contributed by atoms with Crippen molar-refractivity contribution >= 4 is 27.6 Å². The number of hydrogen-bond donors (Lipinski definition) is 1. The standard InChI is InChI=1S/C26H24N4O5S/c1-34-21-12-8-18(9-13-21)17-24-28-29-26(35-24)27-25(31)20-10-14-22(15-11-20)36(32,33)30-16-4-6-19-5-2-3-7-23(19)30/h2-3,5,7-15H,4,6,16-17H2,1H3,(H,27,29,31). The molecule has 0 saturated carbocycles. The summed E-state index contributed by atoms with van der Waals surface area (Å²) in [6.45, 7) is 0.414. The molecule has 5 rings (SSSR count). The van der Waals surface area contributed by atoms with Crippen molar-refractivity contribution in [2.75, 3.05) is 23.3 Å². The molecule has 1 aliphatic rings. The van der Waals surface area contributed by atoms with Crippen molar-refractivity contribution in [1.29, 1.82) is 0 Å².